The number of unbranched alkanes of at least 4 members (excludes halogenated alkanes) is 2. The van der Waals surface area contributed by atoms with E-state index in [1.165, 1.54) is 0 Å². The molecule has 0 saturated carbocycles. The zero-order valence-corrected chi connectivity index (χ0v) is 11.0. The van der Waals surface area contributed by atoms with Gasteiger partial charge in [0.25, 0.3) is 0 Å². The summed E-state index contributed by atoms with van der Waals surface area (Å²) in [5.74, 6) is -0.310. The molecule has 1 aliphatic heterocycles. The molecule has 1 fully saturated rings. The van der Waals surface area contributed by atoms with Gasteiger partial charge in [-0.3, -0.25) is 4.79 Å². The minimum atomic E-state index is -1.45. The van der Waals surface area contributed by atoms with Crippen molar-refractivity contribution in [3.63, 3.8) is 0 Å². The van der Waals surface area contributed by atoms with Gasteiger partial charge in [-0.2, -0.15) is 0 Å². The molecule has 1 rings (SSSR count). The normalized spacial score (nSPS) is 35.1. The number of aliphatic hydroxyl groups excluding tert-OH is 4. The van der Waals surface area contributed by atoms with E-state index in [-0.39, 0.29) is 5.91 Å². The van der Waals surface area contributed by atoms with Crippen molar-refractivity contribution in [3.05, 3.63) is 0 Å². The van der Waals surface area contributed by atoms with Crippen LogP contribution in [-0.2, 0) is 9.53 Å². The van der Waals surface area contributed by atoms with Crippen molar-refractivity contribution in [1.82, 2.24) is 5.32 Å². The molecule has 1 aliphatic rings. The average molecular weight is 277 g/mol. The van der Waals surface area contributed by atoms with E-state index in [1.807, 2.05) is 6.92 Å². The Morgan fingerprint density at radius 3 is 2.47 bits per heavy atom. The fourth-order valence-electron chi connectivity index (χ4n) is 2.05. The van der Waals surface area contributed by atoms with Crippen molar-refractivity contribution in [1.29, 1.82) is 0 Å². The lowest BCUT2D eigenvalue weighted by atomic mass is 9.97. The first-order chi connectivity index (χ1) is 9.01. The number of hydrogen-bond donors (Lipinski definition) is 5. The zero-order chi connectivity index (χ0) is 14.4. The minimum Gasteiger partial charge on any atom is -0.394 e. The number of rotatable bonds is 6. The van der Waals surface area contributed by atoms with Crippen LogP contribution in [0.1, 0.15) is 32.6 Å². The van der Waals surface area contributed by atoms with Gasteiger partial charge in [0, 0.05) is 6.42 Å². The molecule has 0 aromatic carbocycles. The van der Waals surface area contributed by atoms with Crippen LogP contribution in [-0.4, -0.2) is 63.6 Å². The lowest BCUT2D eigenvalue weighted by Crippen LogP contribution is -2.64. The van der Waals surface area contributed by atoms with Crippen LogP contribution in [0.2, 0.25) is 0 Å². The summed E-state index contributed by atoms with van der Waals surface area (Å²) in [6, 6.07) is -1.09. The fourth-order valence-corrected chi connectivity index (χ4v) is 2.05. The molecule has 0 aromatic rings. The van der Waals surface area contributed by atoms with Crippen LogP contribution in [0.25, 0.3) is 0 Å². The third-order valence-corrected chi connectivity index (χ3v) is 3.24. The quantitative estimate of drug-likeness (QED) is 0.376. The molecule has 7 heteroatoms. The van der Waals surface area contributed by atoms with Gasteiger partial charge in [-0.05, 0) is 6.42 Å². The van der Waals surface area contributed by atoms with E-state index in [0.29, 0.717) is 6.42 Å². The summed E-state index contributed by atoms with van der Waals surface area (Å²) in [6.07, 6.45) is -2.31. The molecule has 0 unspecified atom stereocenters. The molecule has 5 atom stereocenters. The monoisotopic (exact) mass is 277 g/mol. The van der Waals surface area contributed by atoms with E-state index >= 15 is 0 Å². The second kappa shape index (κ2) is 7.76. The number of hydrogen-bond acceptors (Lipinski definition) is 6. The highest BCUT2D eigenvalue weighted by molar-refractivity contribution is 5.76. The molecular formula is C12H23NO6. The molecule has 1 amide bonds. The number of amides is 1. The molecule has 7 nitrogen and oxygen atoms in total. The maximum atomic E-state index is 11.6. The van der Waals surface area contributed by atoms with Gasteiger partial charge in [-0.1, -0.05) is 19.8 Å². The van der Waals surface area contributed by atoms with Gasteiger partial charge in [0.05, 0.1) is 6.61 Å². The van der Waals surface area contributed by atoms with Crippen molar-refractivity contribution in [3.8, 4) is 0 Å². The van der Waals surface area contributed by atoms with Gasteiger partial charge in [-0.25, -0.2) is 0 Å². The van der Waals surface area contributed by atoms with E-state index in [0.717, 1.165) is 19.3 Å². The van der Waals surface area contributed by atoms with E-state index in [4.69, 9.17) is 9.84 Å². The zero-order valence-electron chi connectivity index (χ0n) is 11.0. The highest BCUT2D eigenvalue weighted by Gasteiger charge is 2.44. The number of nitrogens with one attached hydrogen (secondary N) is 1. The third-order valence-electron chi connectivity index (χ3n) is 3.24. The molecule has 0 bridgehead atoms. The second-order valence-electron chi connectivity index (χ2n) is 4.78. The van der Waals surface area contributed by atoms with E-state index in [2.05, 4.69) is 5.32 Å². The van der Waals surface area contributed by atoms with Crippen molar-refractivity contribution in [2.24, 2.45) is 0 Å². The molecule has 0 aromatic heterocycles. The molecule has 1 heterocycles. The minimum absolute atomic E-state index is 0.295. The summed E-state index contributed by atoms with van der Waals surface area (Å²) < 4.78 is 4.94. The standard InChI is InChI=1S/C12H23NO6/c1-2-3-4-5-8(15)13-9-11(17)10(16)7(6-14)19-12(9)18/h7,9-12,14,16-18H,2-6H2,1H3,(H,13,15)/t7-,9+,10-,11-,12+/m1/s1. The Balaban J connectivity index is 2.50. The van der Waals surface area contributed by atoms with Crippen molar-refractivity contribution < 1.29 is 30.0 Å². The number of carbonyl (C=O) groups is 1. The van der Waals surface area contributed by atoms with Gasteiger partial charge in [0.2, 0.25) is 5.91 Å². The van der Waals surface area contributed by atoms with E-state index < -0.39 is 37.3 Å². The van der Waals surface area contributed by atoms with Gasteiger partial charge >= 0.3 is 0 Å². The van der Waals surface area contributed by atoms with Gasteiger partial charge in [-0.15, -0.1) is 0 Å². The van der Waals surface area contributed by atoms with Crippen LogP contribution >= 0.6 is 0 Å². The third kappa shape index (κ3) is 4.39. The largest absolute Gasteiger partial charge is 0.394 e. The first-order valence-electron chi connectivity index (χ1n) is 6.61. The Morgan fingerprint density at radius 2 is 1.89 bits per heavy atom. The van der Waals surface area contributed by atoms with Crippen LogP contribution in [0.4, 0.5) is 0 Å². The molecule has 0 spiro atoms. The van der Waals surface area contributed by atoms with Gasteiger partial charge in [0.1, 0.15) is 24.4 Å². The Labute approximate surface area is 112 Å². The predicted molar refractivity (Wildman–Crippen MR) is 66.1 cm³/mol. The van der Waals surface area contributed by atoms with Gasteiger partial charge < -0.3 is 30.5 Å². The Morgan fingerprint density at radius 1 is 1.21 bits per heavy atom. The summed E-state index contributed by atoms with van der Waals surface area (Å²) in [7, 11) is 0. The second-order valence-corrected chi connectivity index (χ2v) is 4.78. The number of aliphatic hydroxyl groups is 4. The van der Waals surface area contributed by atoms with Crippen LogP contribution in [0.15, 0.2) is 0 Å². The summed E-state index contributed by atoms with van der Waals surface area (Å²) in [4.78, 5) is 11.6. The Bertz CT molecular complexity index is 287. The van der Waals surface area contributed by atoms with Crippen molar-refractivity contribution in [2.75, 3.05) is 6.61 Å². The molecule has 5 N–H and O–H groups in total. The molecule has 0 radical (unpaired) electrons. The van der Waals surface area contributed by atoms with Crippen molar-refractivity contribution >= 4 is 5.91 Å². The summed E-state index contributed by atoms with van der Waals surface area (Å²) in [5, 5.41) is 40.5. The lowest BCUT2D eigenvalue weighted by molar-refractivity contribution is -0.253. The predicted octanol–water partition coefficient (Wildman–Crippen LogP) is -1.52. The molecule has 112 valence electrons. The van der Waals surface area contributed by atoms with Crippen LogP contribution in [0.5, 0.6) is 0 Å². The first-order valence-corrected chi connectivity index (χ1v) is 6.61. The lowest BCUT2D eigenvalue weighted by Gasteiger charge is -2.40. The highest BCUT2D eigenvalue weighted by Crippen LogP contribution is 2.19. The SMILES string of the molecule is CCCCCC(=O)N[C@H]1[C@@H](O)[C@H](O)[C@@H](CO)O[C@@H]1O. The fraction of sp³-hybridized carbons (Fsp3) is 0.917. The first kappa shape index (κ1) is 16.3. The molecule has 19 heavy (non-hydrogen) atoms. The average Bonchev–Trinajstić information content (AvgIpc) is 2.39. The summed E-state index contributed by atoms with van der Waals surface area (Å²) in [6.45, 7) is 1.50. The maximum absolute atomic E-state index is 11.6. The topological polar surface area (TPSA) is 119 Å². The smallest absolute Gasteiger partial charge is 0.220 e. The van der Waals surface area contributed by atoms with Gasteiger partial charge in [0.15, 0.2) is 6.29 Å². The van der Waals surface area contributed by atoms with Crippen LogP contribution in [0, 0.1) is 0 Å². The Kier molecular flexibility index (Phi) is 6.67. The number of carbonyl (C=O) groups excluding carboxylic acids is 1. The Hall–Kier alpha value is -0.730. The summed E-state index contributed by atoms with van der Waals surface area (Å²) in [5.41, 5.74) is 0. The number of ether oxygens (including phenoxy) is 1. The molecule has 1 saturated heterocycles. The van der Waals surface area contributed by atoms with E-state index in [9.17, 15) is 20.1 Å². The van der Waals surface area contributed by atoms with Crippen LogP contribution < -0.4 is 5.32 Å². The summed E-state index contributed by atoms with van der Waals surface area (Å²) >= 11 is 0. The van der Waals surface area contributed by atoms with Crippen LogP contribution in [0.3, 0.4) is 0 Å². The van der Waals surface area contributed by atoms with Crippen molar-refractivity contribution in [2.45, 2.75) is 63.3 Å². The highest BCUT2D eigenvalue weighted by atomic mass is 16.6. The van der Waals surface area contributed by atoms with E-state index in [1.54, 1.807) is 0 Å². The maximum Gasteiger partial charge on any atom is 0.220 e. The molecular weight excluding hydrogens is 254 g/mol. The molecule has 0 aliphatic carbocycles.